The van der Waals surface area contributed by atoms with Crippen LogP contribution in [-0.4, -0.2) is 18.6 Å². The lowest BCUT2D eigenvalue weighted by Gasteiger charge is -2.21. The fourth-order valence-electron chi connectivity index (χ4n) is 1.96. The first-order chi connectivity index (χ1) is 9.20. The number of hydrogen-bond donors (Lipinski definition) is 1. The molecule has 0 aliphatic carbocycles. The Kier molecular flexibility index (Phi) is 5.36. The minimum absolute atomic E-state index is 0.881. The lowest BCUT2D eigenvalue weighted by Crippen LogP contribution is -2.20. The lowest BCUT2D eigenvalue weighted by molar-refractivity contribution is 0.722. The Morgan fingerprint density at radius 1 is 1.47 bits per heavy atom. The van der Waals surface area contributed by atoms with Crippen LogP contribution in [0.25, 0.3) is 0 Å². The summed E-state index contributed by atoms with van der Waals surface area (Å²) in [5.74, 6) is 0. The molecule has 1 N–H and O–H groups in total. The van der Waals surface area contributed by atoms with Gasteiger partial charge < -0.3 is 10.2 Å². The second-order valence-corrected chi connectivity index (χ2v) is 6.69. The summed E-state index contributed by atoms with van der Waals surface area (Å²) in [6, 6.07) is 4.25. The molecule has 2 aromatic rings. The predicted octanol–water partition coefficient (Wildman–Crippen LogP) is 3.65. The van der Waals surface area contributed by atoms with Crippen molar-refractivity contribution in [3.8, 4) is 0 Å². The van der Waals surface area contributed by atoms with Crippen molar-refractivity contribution in [2.24, 2.45) is 0 Å². The Morgan fingerprint density at radius 2 is 2.32 bits per heavy atom. The second kappa shape index (κ2) is 7.03. The van der Waals surface area contributed by atoms with Gasteiger partial charge in [0.15, 0.2) is 0 Å². The number of aromatic nitrogens is 1. The van der Waals surface area contributed by atoms with Crippen molar-refractivity contribution in [2.75, 3.05) is 18.5 Å². The van der Waals surface area contributed by atoms with Gasteiger partial charge in [0.05, 0.1) is 15.7 Å². The molecular formula is C14H18BrN3S. The van der Waals surface area contributed by atoms with Gasteiger partial charge in [-0.1, -0.05) is 6.92 Å². The Morgan fingerprint density at radius 3 is 3.00 bits per heavy atom. The fraction of sp³-hybridized carbons (Fsp3) is 0.357. The molecule has 0 aliphatic rings. The minimum Gasteiger partial charge on any atom is -0.369 e. The van der Waals surface area contributed by atoms with E-state index in [4.69, 9.17) is 0 Å². The predicted molar refractivity (Wildman–Crippen MR) is 85.7 cm³/mol. The molecule has 3 nitrogen and oxygen atoms in total. The molecule has 2 rings (SSSR count). The molecule has 0 unspecified atom stereocenters. The summed E-state index contributed by atoms with van der Waals surface area (Å²) in [7, 11) is 2.11. The van der Waals surface area contributed by atoms with E-state index in [1.807, 2.05) is 12.4 Å². The maximum atomic E-state index is 4.25. The van der Waals surface area contributed by atoms with E-state index in [1.165, 1.54) is 20.6 Å². The molecule has 19 heavy (non-hydrogen) atoms. The van der Waals surface area contributed by atoms with Crippen molar-refractivity contribution < 1.29 is 0 Å². The summed E-state index contributed by atoms with van der Waals surface area (Å²) in [5, 5.41) is 5.55. The SMILES string of the molecule is CCNCc1ccncc1N(C)Cc1csc(Br)c1. The van der Waals surface area contributed by atoms with Crippen LogP contribution < -0.4 is 10.2 Å². The van der Waals surface area contributed by atoms with Crippen LogP contribution >= 0.6 is 27.3 Å². The van der Waals surface area contributed by atoms with Crippen LogP contribution in [0.5, 0.6) is 0 Å². The van der Waals surface area contributed by atoms with Crippen LogP contribution in [0.15, 0.2) is 33.7 Å². The van der Waals surface area contributed by atoms with Gasteiger partial charge in [-0.25, -0.2) is 0 Å². The number of halogens is 1. The molecule has 2 heterocycles. The van der Waals surface area contributed by atoms with E-state index in [-0.39, 0.29) is 0 Å². The summed E-state index contributed by atoms with van der Waals surface area (Å²) < 4.78 is 1.18. The molecule has 102 valence electrons. The molecule has 0 saturated heterocycles. The first-order valence-corrected chi connectivity index (χ1v) is 7.95. The fourth-order valence-corrected chi connectivity index (χ4v) is 3.16. The van der Waals surface area contributed by atoms with E-state index in [9.17, 15) is 0 Å². The first kappa shape index (κ1) is 14.5. The van der Waals surface area contributed by atoms with E-state index in [0.717, 1.165) is 19.6 Å². The number of anilines is 1. The first-order valence-electron chi connectivity index (χ1n) is 6.28. The van der Waals surface area contributed by atoms with E-state index in [2.05, 4.69) is 62.6 Å². The van der Waals surface area contributed by atoms with E-state index >= 15 is 0 Å². The van der Waals surface area contributed by atoms with Gasteiger partial charge >= 0.3 is 0 Å². The van der Waals surface area contributed by atoms with Gasteiger partial charge in [0, 0.05) is 26.3 Å². The molecule has 0 saturated carbocycles. The Hall–Kier alpha value is -0.910. The molecule has 0 fully saturated rings. The summed E-state index contributed by atoms with van der Waals surface area (Å²) in [5.41, 5.74) is 3.79. The average Bonchev–Trinajstić information content (AvgIpc) is 2.82. The van der Waals surface area contributed by atoms with Crippen molar-refractivity contribution in [1.82, 2.24) is 10.3 Å². The number of nitrogens with one attached hydrogen (secondary N) is 1. The molecule has 5 heteroatoms. The standard InChI is InChI=1S/C14H18BrN3S/c1-3-16-7-12-4-5-17-8-13(12)18(2)9-11-6-14(15)19-10-11/h4-6,8,10,16H,3,7,9H2,1-2H3. The molecule has 2 aromatic heterocycles. The molecule has 0 atom stereocenters. The normalized spacial score (nSPS) is 10.7. The summed E-state index contributed by atoms with van der Waals surface area (Å²) in [6.45, 7) is 4.87. The number of rotatable bonds is 6. The van der Waals surface area contributed by atoms with Crippen molar-refractivity contribution in [3.63, 3.8) is 0 Å². The van der Waals surface area contributed by atoms with Crippen LogP contribution in [0, 0.1) is 0 Å². The van der Waals surface area contributed by atoms with Gasteiger partial charge in [-0.2, -0.15) is 0 Å². The third kappa shape index (κ3) is 4.03. The summed E-state index contributed by atoms with van der Waals surface area (Å²) in [6.07, 6.45) is 3.79. The van der Waals surface area contributed by atoms with Crippen molar-refractivity contribution in [2.45, 2.75) is 20.0 Å². The molecule has 0 aliphatic heterocycles. The minimum atomic E-state index is 0.881. The smallest absolute Gasteiger partial charge is 0.0701 e. The molecule has 0 radical (unpaired) electrons. The zero-order valence-corrected chi connectivity index (χ0v) is 13.6. The maximum Gasteiger partial charge on any atom is 0.0701 e. The number of hydrogen-bond acceptors (Lipinski definition) is 4. The van der Waals surface area contributed by atoms with Crippen LogP contribution in [0.4, 0.5) is 5.69 Å². The topological polar surface area (TPSA) is 28.2 Å². The summed E-state index contributed by atoms with van der Waals surface area (Å²) >= 11 is 5.23. The lowest BCUT2D eigenvalue weighted by atomic mass is 10.2. The Labute approximate surface area is 126 Å². The largest absolute Gasteiger partial charge is 0.369 e. The van der Waals surface area contributed by atoms with Gasteiger partial charge in [0.25, 0.3) is 0 Å². The molecule has 0 bridgehead atoms. The summed E-state index contributed by atoms with van der Waals surface area (Å²) in [4.78, 5) is 6.49. The van der Waals surface area contributed by atoms with E-state index in [0.29, 0.717) is 0 Å². The van der Waals surface area contributed by atoms with Gasteiger partial charge in [-0.05, 0) is 51.1 Å². The van der Waals surface area contributed by atoms with Gasteiger partial charge in [0.1, 0.15) is 0 Å². The highest BCUT2D eigenvalue weighted by molar-refractivity contribution is 9.11. The van der Waals surface area contributed by atoms with Crippen LogP contribution in [-0.2, 0) is 13.1 Å². The van der Waals surface area contributed by atoms with Crippen molar-refractivity contribution in [3.05, 3.63) is 44.8 Å². The Bertz CT molecular complexity index is 527. The number of pyridine rings is 1. The third-order valence-electron chi connectivity index (χ3n) is 2.91. The van der Waals surface area contributed by atoms with Crippen molar-refractivity contribution in [1.29, 1.82) is 0 Å². The highest BCUT2D eigenvalue weighted by atomic mass is 79.9. The van der Waals surface area contributed by atoms with Gasteiger partial charge in [0.2, 0.25) is 0 Å². The van der Waals surface area contributed by atoms with E-state index < -0.39 is 0 Å². The van der Waals surface area contributed by atoms with Gasteiger partial charge in [-0.15, -0.1) is 11.3 Å². The van der Waals surface area contributed by atoms with Crippen molar-refractivity contribution >= 4 is 33.0 Å². The number of nitrogens with zero attached hydrogens (tertiary/aromatic N) is 2. The number of thiophene rings is 1. The third-order valence-corrected chi connectivity index (χ3v) is 4.46. The van der Waals surface area contributed by atoms with E-state index in [1.54, 1.807) is 11.3 Å². The van der Waals surface area contributed by atoms with Gasteiger partial charge in [-0.3, -0.25) is 4.98 Å². The molecular weight excluding hydrogens is 322 g/mol. The molecule has 0 spiro atoms. The highest BCUT2D eigenvalue weighted by Gasteiger charge is 2.08. The Balaban J connectivity index is 2.11. The zero-order chi connectivity index (χ0) is 13.7. The molecule has 0 amide bonds. The van der Waals surface area contributed by atoms with Crippen LogP contribution in [0.3, 0.4) is 0 Å². The van der Waals surface area contributed by atoms with Crippen LogP contribution in [0.2, 0.25) is 0 Å². The zero-order valence-electron chi connectivity index (χ0n) is 11.2. The monoisotopic (exact) mass is 339 g/mol. The molecule has 0 aromatic carbocycles. The van der Waals surface area contributed by atoms with Crippen LogP contribution in [0.1, 0.15) is 18.1 Å². The highest BCUT2D eigenvalue weighted by Crippen LogP contribution is 2.24. The second-order valence-electron chi connectivity index (χ2n) is 4.40. The quantitative estimate of drug-likeness (QED) is 0.870. The average molecular weight is 340 g/mol. The maximum absolute atomic E-state index is 4.25.